The predicted octanol–water partition coefficient (Wildman–Crippen LogP) is 5.70. The van der Waals surface area contributed by atoms with Crippen LogP contribution < -0.4 is 4.72 Å². The topological polar surface area (TPSA) is 58.6 Å². The van der Waals surface area contributed by atoms with Gasteiger partial charge in [-0.1, -0.05) is 53.5 Å². The summed E-state index contributed by atoms with van der Waals surface area (Å²) in [5.41, 5.74) is 1.96. The average Bonchev–Trinajstić information content (AvgIpc) is 2.70. The molecule has 164 valence electrons. The molecule has 0 saturated carbocycles. The lowest BCUT2D eigenvalue weighted by Gasteiger charge is -2.38. The second-order valence-electron chi connectivity index (χ2n) is 8.90. The number of halogens is 2. The Morgan fingerprint density at radius 1 is 1.13 bits per heavy atom. The average molecular weight is 469 g/mol. The number of likely N-dealkylation sites (tertiary alicyclic amines) is 1. The number of hydrogen-bond acceptors (Lipinski definition) is 4. The minimum absolute atomic E-state index is 0.0829. The summed E-state index contributed by atoms with van der Waals surface area (Å²) in [4.78, 5) is 2.44. The van der Waals surface area contributed by atoms with Gasteiger partial charge in [0.2, 0.25) is 0 Å². The third kappa shape index (κ3) is 6.06. The fourth-order valence-electron chi connectivity index (χ4n) is 3.79. The molecule has 2 aromatic carbocycles. The quantitative estimate of drug-likeness (QED) is 0.533. The first-order chi connectivity index (χ1) is 14.1. The van der Waals surface area contributed by atoms with Crippen LogP contribution in [-0.4, -0.2) is 32.4 Å². The number of aromatic hydroxyl groups is 1. The van der Waals surface area contributed by atoms with Crippen molar-refractivity contribution < 1.29 is 9.66 Å². The van der Waals surface area contributed by atoms with E-state index < -0.39 is 16.1 Å². The van der Waals surface area contributed by atoms with Gasteiger partial charge in [-0.15, -0.1) is 4.72 Å². The molecule has 2 N–H and O–H groups in total. The third-order valence-electron chi connectivity index (χ3n) is 5.55. The fourth-order valence-corrected chi connectivity index (χ4v) is 5.03. The highest BCUT2D eigenvalue weighted by Gasteiger charge is 2.36. The van der Waals surface area contributed by atoms with Crippen LogP contribution in [0.15, 0.2) is 42.5 Å². The molecule has 1 saturated heterocycles. The molecular weight excluding hydrogens is 439 g/mol. The molecule has 1 fully saturated rings. The number of nitrogens with zero attached hydrogens (tertiary/aromatic N) is 1. The largest absolute Gasteiger partial charge is 0.598 e. The number of phenols is 1. The first-order valence-electron chi connectivity index (χ1n) is 10.3. The lowest BCUT2D eigenvalue weighted by Crippen LogP contribution is -2.45. The van der Waals surface area contributed by atoms with E-state index in [4.69, 9.17) is 23.2 Å². The van der Waals surface area contributed by atoms with Gasteiger partial charge in [-0.2, -0.15) is 0 Å². The molecular formula is C23H30Cl2N2O2S. The van der Waals surface area contributed by atoms with Gasteiger partial charge >= 0.3 is 0 Å². The molecule has 7 heteroatoms. The number of benzene rings is 2. The molecule has 1 heterocycles. The molecule has 4 nitrogen and oxygen atoms in total. The van der Waals surface area contributed by atoms with Crippen molar-refractivity contribution in [1.29, 1.82) is 0 Å². The first-order valence-corrected chi connectivity index (χ1v) is 12.2. The van der Waals surface area contributed by atoms with Crippen LogP contribution in [0.25, 0.3) is 0 Å². The molecule has 0 bridgehead atoms. The molecule has 0 amide bonds. The molecule has 2 aromatic rings. The van der Waals surface area contributed by atoms with Crippen molar-refractivity contribution in [3.63, 3.8) is 0 Å². The number of phenolic OH excluding ortho intramolecular Hbond substituents is 1. The van der Waals surface area contributed by atoms with E-state index in [-0.39, 0.29) is 17.7 Å². The summed E-state index contributed by atoms with van der Waals surface area (Å²) in [6.07, 6.45) is 1.87. The van der Waals surface area contributed by atoms with Crippen LogP contribution in [0, 0.1) is 5.92 Å². The highest BCUT2D eigenvalue weighted by Crippen LogP contribution is 2.40. The van der Waals surface area contributed by atoms with Crippen molar-refractivity contribution >= 4 is 34.6 Å². The van der Waals surface area contributed by atoms with Crippen LogP contribution >= 0.6 is 23.2 Å². The van der Waals surface area contributed by atoms with Crippen LogP contribution in [0.3, 0.4) is 0 Å². The number of piperidine rings is 1. The summed E-state index contributed by atoms with van der Waals surface area (Å²) in [6, 6.07) is 13.4. The van der Waals surface area contributed by atoms with E-state index in [1.165, 1.54) is 11.6 Å². The Kier molecular flexibility index (Phi) is 7.99. The smallest absolute Gasteiger partial charge is 0.136 e. The van der Waals surface area contributed by atoms with Crippen LogP contribution in [0.1, 0.15) is 50.8 Å². The predicted molar refractivity (Wildman–Crippen MR) is 126 cm³/mol. The molecule has 0 radical (unpaired) electrons. The Hall–Kier alpha value is -0.950. The monoisotopic (exact) mass is 468 g/mol. The Balaban J connectivity index is 1.77. The van der Waals surface area contributed by atoms with E-state index in [1.54, 1.807) is 6.07 Å². The molecule has 1 aliphatic heterocycles. The summed E-state index contributed by atoms with van der Waals surface area (Å²) >= 11 is 11.0. The molecule has 0 aromatic heterocycles. The van der Waals surface area contributed by atoms with Gasteiger partial charge in [0.05, 0.1) is 16.1 Å². The summed E-state index contributed by atoms with van der Waals surface area (Å²) < 4.78 is 15.8. The summed E-state index contributed by atoms with van der Waals surface area (Å²) in [7, 11) is 0. The number of hydrogen-bond donors (Lipinski definition) is 2. The molecule has 3 rings (SSSR count). The van der Waals surface area contributed by atoms with Crippen molar-refractivity contribution in [2.75, 3.05) is 13.1 Å². The van der Waals surface area contributed by atoms with E-state index >= 15 is 0 Å². The summed E-state index contributed by atoms with van der Waals surface area (Å²) in [6.45, 7) is 8.63. The Bertz CT molecular complexity index is 837. The van der Waals surface area contributed by atoms with E-state index in [0.29, 0.717) is 15.6 Å². The van der Waals surface area contributed by atoms with Gasteiger partial charge in [-0.3, -0.25) is 4.90 Å². The van der Waals surface area contributed by atoms with Gasteiger partial charge in [-0.05, 0) is 64.3 Å². The van der Waals surface area contributed by atoms with E-state index in [2.05, 4.69) is 33.9 Å². The van der Waals surface area contributed by atoms with E-state index in [0.717, 1.165) is 32.5 Å². The van der Waals surface area contributed by atoms with Crippen LogP contribution in [-0.2, 0) is 17.9 Å². The maximum atomic E-state index is 12.9. The summed E-state index contributed by atoms with van der Waals surface area (Å²) in [5.74, 6) is 0.311. The Labute approximate surface area is 192 Å². The summed E-state index contributed by atoms with van der Waals surface area (Å²) in [5, 5.41) is 11.3. The van der Waals surface area contributed by atoms with Gasteiger partial charge < -0.3 is 9.66 Å². The zero-order valence-corrected chi connectivity index (χ0v) is 20.0. The van der Waals surface area contributed by atoms with Gasteiger partial charge in [0.25, 0.3) is 0 Å². The van der Waals surface area contributed by atoms with Crippen molar-refractivity contribution in [2.45, 2.75) is 50.9 Å². The maximum Gasteiger partial charge on any atom is 0.136 e. The fraction of sp³-hybridized carbons (Fsp3) is 0.478. The van der Waals surface area contributed by atoms with E-state index in [1.807, 2.05) is 26.8 Å². The van der Waals surface area contributed by atoms with Gasteiger partial charge in [0.1, 0.15) is 10.5 Å². The highest BCUT2D eigenvalue weighted by atomic mass is 35.5. The van der Waals surface area contributed by atoms with Crippen molar-refractivity contribution in [3.8, 4) is 5.75 Å². The minimum atomic E-state index is -1.28. The Morgan fingerprint density at radius 2 is 1.73 bits per heavy atom. The van der Waals surface area contributed by atoms with Crippen molar-refractivity contribution in [1.82, 2.24) is 9.62 Å². The zero-order valence-electron chi connectivity index (χ0n) is 17.7. The van der Waals surface area contributed by atoms with Crippen LogP contribution in [0.5, 0.6) is 5.75 Å². The molecule has 30 heavy (non-hydrogen) atoms. The zero-order chi connectivity index (χ0) is 21.9. The van der Waals surface area contributed by atoms with E-state index in [9.17, 15) is 9.66 Å². The third-order valence-corrected chi connectivity index (χ3v) is 7.85. The number of rotatable bonds is 6. The highest BCUT2D eigenvalue weighted by molar-refractivity contribution is 7.90. The molecule has 2 atom stereocenters. The maximum absolute atomic E-state index is 12.9. The van der Waals surface area contributed by atoms with Gasteiger partial charge in [-0.25, -0.2) is 0 Å². The molecule has 2 unspecified atom stereocenters. The minimum Gasteiger partial charge on any atom is -0.598 e. The normalized spacial score (nSPS) is 18.3. The molecule has 0 spiro atoms. The Morgan fingerprint density at radius 3 is 2.33 bits per heavy atom. The molecule has 1 aliphatic rings. The van der Waals surface area contributed by atoms with Gasteiger partial charge in [0.15, 0.2) is 0 Å². The standard InChI is InChI=1S/C23H30Cl2N2O2S/c1-23(2,3)30(29)26-22(18-13-19(24)20(25)14-21(18)28)17-9-11-27(12-10-17)15-16-7-5-4-6-8-16/h4-8,13-14,17,22,26,28H,9-12,15H2,1-3H3. The number of nitrogens with one attached hydrogen (secondary N) is 1. The van der Waals surface area contributed by atoms with Gasteiger partial charge in [0, 0.05) is 29.5 Å². The van der Waals surface area contributed by atoms with Crippen molar-refractivity contribution in [3.05, 3.63) is 63.6 Å². The van der Waals surface area contributed by atoms with Crippen LogP contribution in [0.2, 0.25) is 10.0 Å². The lowest BCUT2D eigenvalue weighted by atomic mass is 9.85. The van der Waals surface area contributed by atoms with Crippen molar-refractivity contribution in [2.24, 2.45) is 5.92 Å². The first kappa shape index (κ1) is 23.7. The second-order valence-corrected chi connectivity index (χ2v) is 11.7. The van der Waals surface area contributed by atoms with Crippen LogP contribution in [0.4, 0.5) is 0 Å². The molecule has 0 aliphatic carbocycles. The SMILES string of the molecule is CC(C)(C)[S+]([O-])NC(c1cc(Cl)c(Cl)cc1O)C1CCN(Cc2ccccc2)CC1. The lowest BCUT2D eigenvalue weighted by molar-refractivity contribution is 0.157. The second kappa shape index (κ2) is 10.1.